The van der Waals surface area contributed by atoms with Crippen LogP contribution >= 0.6 is 0 Å². The van der Waals surface area contributed by atoms with Crippen molar-refractivity contribution in [1.82, 2.24) is 9.88 Å². The third-order valence-electron chi connectivity index (χ3n) is 6.61. The number of rotatable bonds is 3. The molecule has 0 bridgehead atoms. The van der Waals surface area contributed by atoms with E-state index in [1.807, 2.05) is 24.3 Å². The molecule has 3 aromatic carbocycles. The molecule has 0 aliphatic carbocycles. The highest BCUT2D eigenvalue weighted by Crippen LogP contribution is 2.45. The van der Waals surface area contributed by atoms with Crippen LogP contribution in [-0.2, 0) is 11.2 Å². The van der Waals surface area contributed by atoms with E-state index in [4.69, 9.17) is 0 Å². The summed E-state index contributed by atoms with van der Waals surface area (Å²) in [5.74, 6) is -2.12. The van der Waals surface area contributed by atoms with Crippen LogP contribution < -0.4 is 4.90 Å². The Morgan fingerprint density at radius 2 is 1.68 bits per heavy atom. The van der Waals surface area contributed by atoms with E-state index in [-0.39, 0.29) is 17.7 Å². The zero-order valence-electron chi connectivity index (χ0n) is 17.7. The normalized spacial score (nSPS) is 19.4. The minimum Gasteiger partial charge on any atom is -0.478 e. The molecule has 1 saturated heterocycles. The number of aromatic amines is 1. The standard InChI is InChI=1S/C26H18FN3O4/c27-15-11-9-14(10-12-15)23-22-18(16-5-1-3-7-19(16)28-22)13-21-24(31)30(26(34)29(21)23)20-8-4-2-6-17(20)25(32)33/h1-12,21,23,28H,13H2,(H,32,33)/t21-,23-/m0/s1. The van der Waals surface area contributed by atoms with Gasteiger partial charge in [-0.1, -0.05) is 42.5 Å². The molecule has 0 spiro atoms. The number of carboxylic acid groups (broad SMARTS) is 1. The number of imide groups is 1. The van der Waals surface area contributed by atoms with Crippen LogP contribution in [0.25, 0.3) is 10.9 Å². The lowest BCUT2D eigenvalue weighted by molar-refractivity contribution is -0.120. The highest BCUT2D eigenvalue weighted by molar-refractivity contribution is 6.23. The molecule has 2 N–H and O–H groups in total. The fourth-order valence-electron chi connectivity index (χ4n) is 5.14. The first-order valence-corrected chi connectivity index (χ1v) is 10.8. The average Bonchev–Trinajstić information content (AvgIpc) is 3.33. The molecular weight excluding hydrogens is 437 g/mol. The number of nitrogens with zero attached hydrogens (tertiary/aromatic N) is 2. The molecule has 1 fully saturated rings. The van der Waals surface area contributed by atoms with Gasteiger partial charge in [-0.25, -0.2) is 18.9 Å². The largest absolute Gasteiger partial charge is 0.478 e. The smallest absolute Gasteiger partial charge is 0.337 e. The molecule has 2 aliphatic rings. The van der Waals surface area contributed by atoms with E-state index in [9.17, 15) is 23.9 Å². The molecule has 0 saturated carbocycles. The van der Waals surface area contributed by atoms with Gasteiger partial charge in [-0.2, -0.15) is 0 Å². The number of nitrogens with one attached hydrogen (secondary N) is 1. The second-order valence-electron chi connectivity index (χ2n) is 8.42. The number of hydrogen-bond acceptors (Lipinski definition) is 3. The van der Waals surface area contributed by atoms with Gasteiger partial charge in [0.25, 0.3) is 5.91 Å². The zero-order valence-corrected chi connectivity index (χ0v) is 17.7. The van der Waals surface area contributed by atoms with Gasteiger partial charge in [0.15, 0.2) is 0 Å². The van der Waals surface area contributed by atoms with Crippen LogP contribution in [0.4, 0.5) is 14.9 Å². The Bertz CT molecular complexity index is 1490. The lowest BCUT2D eigenvalue weighted by Gasteiger charge is -2.36. The number of urea groups is 1. The molecule has 168 valence electrons. The zero-order chi connectivity index (χ0) is 23.6. The fraction of sp³-hybridized carbons (Fsp3) is 0.115. The monoisotopic (exact) mass is 455 g/mol. The molecule has 0 radical (unpaired) electrons. The number of carbonyl (C=O) groups is 3. The summed E-state index contributed by atoms with van der Waals surface area (Å²) in [6.45, 7) is 0. The lowest BCUT2D eigenvalue weighted by atomic mass is 9.89. The van der Waals surface area contributed by atoms with E-state index in [1.165, 1.54) is 29.2 Å². The third-order valence-corrected chi connectivity index (χ3v) is 6.61. The van der Waals surface area contributed by atoms with Crippen LogP contribution in [0, 0.1) is 5.82 Å². The Morgan fingerprint density at radius 3 is 2.44 bits per heavy atom. The van der Waals surface area contributed by atoms with Crippen LogP contribution in [-0.4, -0.2) is 38.9 Å². The Morgan fingerprint density at radius 1 is 0.971 bits per heavy atom. The number of carboxylic acids is 1. The van der Waals surface area contributed by atoms with Gasteiger partial charge in [0, 0.05) is 23.0 Å². The molecule has 3 amide bonds. The van der Waals surface area contributed by atoms with E-state index >= 15 is 0 Å². The molecule has 7 nitrogen and oxygen atoms in total. The van der Waals surface area contributed by atoms with Crippen LogP contribution in [0.5, 0.6) is 0 Å². The first-order valence-electron chi connectivity index (χ1n) is 10.8. The van der Waals surface area contributed by atoms with Crippen molar-refractivity contribution in [2.75, 3.05) is 4.90 Å². The van der Waals surface area contributed by atoms with Crippen LogP contribution in [0.15, 0.2) is 72.8 Å². The number of fused-ring (bicyclic) bond motifs is 4. The summed E-state index contributed by atoms with van der Waals surface area (Å²) in [4.78, 5) is 45.0. The van der Waals surface area contributed by atoms with Crippen molar-refractivity contribution in [3.63, 3.8) is 0 Å². The Balaban J connectivity index is 1.55. The molecule has 0 unspecified atom stereocenters. The molecule has 34 heavy (non-hydrogen) atoms. The average molecular weight is 455 g/mol. The van der Waals surface area contributed by atoms with Crippen molar-refractivity contribution in [1.29, 1.82) is 0 Å². The topological polar surface area (TPSA) is 93.7 Å². The highest BCUT2D eigenvalue weighted by Gasteiger charge is 2.53. The molecule has 8 heteroatoms. The Hall–Kier alpha value is -4.46. The molecule has 6 rings (SSSR count). The molecule has 4 aromatic rings. The number of anilines is 1. The predicted octanol–water partition coefficient (Wildman–Crippen LogP) is 4.49. The van der Waals surface area contributed by atoms with Crippen LogP contribution in [0.2, 0.25) is 0 Å². The van der Waals surface area contributed by atoms with E-state index in [0.29, 0.717) is 5.56 Å². The summed E-state index contributed by atoms with van der Waals surface area (Å²) < 4.78 is 13.7. The van der Waals surface area contributed by atoms with Gasteiger partial charge in [0.2, 0.25) is 0 Å². The molecular formula is C26H18FN3O4. The maximum absolute atomic E-state index is 13.8. The first kappa shape index (κ1) is 20.2. The van der Waals surface area contributed by atoms with Crippen molar-refractivity contribution < 1.29 is 23.9 Å². The summed E-state index contributed by atoms with van der Waals surface area (Å²) in [6, 6.07) is 17.4. The van der Waals surface area contributed by atoms with Gasteiger partial charge >= 0.3 is 12.0 Å². The number of halogens is 1. The fourth-order valence-corrected chi connectivity index (χ4v) is 5.14. The van der Waals surface area contributed by atoms with Crippen molar-refractivity contribution in [3.05, 3.63) is 101 Å². The summed E-state index contributed by atoms with van der Waals surface area (Å²) in [5, 5.41) is 10.6. The van der Waals surface area contributed by atoms with Crippen molar-refractivity contribution in [2.45, 2.75) is 18.5 Å². The van der Waals surface area contributed by atoms with E-state index < -0.39 is 35.8 Å². The number of hydrogen-bond donors (Lipinski definition) is 2. The van der Waals surface area contributed by atoms with Crippen molar-refractivity contribution >= 4 is 34.5 Å². The van der Waals surface area contributed by atoms with Gasteiger partial charge in [-0.15, -0.1) is 0 Å². The van der Waals surface area contributed by atoms with E-state index in [1.54, 1.807) is 24.3 Å². The van der Waals surface area contributed by atoms with Crippen molar-refractivity contribution in [2.24, 2.45) is 0 Å². The minimum atomic E-state index is -1.23. The number of H-pyrrole nitrogens is 1. The van der Waals surface area contributed by atoms with Gasteiger partial charge < -0.3 is 10.1 Å². The number of aromatic carboxylic acids is 1. The lowest BCUT2D eigenvalue weighted by Crippen LogP contribution is -2.44. The summed E-state index contributed by atoms with van der Waals surface area (Å²) in [7, 11) is 0. The van der Waals surface area contributed by atoms with Gasteiger partial charge in [-0.05, 0) is 41.5 Å². The molecule has 2 atom stereocenters. The number of amides is 3. The number of carbonyl (C=O) groups excluding carboxylic acids is 2. The summed E-state index contributed by atoms with van der Waals surface area (Å²) in [5.41, 5.74) is 3.11. The summed E-state index contributed by atoms with van der Waals surface area (Å²) >= 11 is 0. The van der Waals surface area contributed by atoms with Crippen LogP contribution in [0.1, 0.15) is 33.2 Å². The number of para-hydroxylation sites is 2. The van der Waals surface area contributed by atoms with Gasteiger partial charge in [0.1, 0.15) is 17.9 Å². The minimum absolute atomic E-state index is 0.0331. The number of aromatic nitrogens is 1. The molecule has 2 aliphatic heterocycles. The van der Waals surface area contributed by atoms with Gasteiger partial charge in [0.05, 0.1) is 11.3 Å². The molecule has 1 aromatic heterocycles. The van der Waals surface area contributed by atoms with Gasteiger partial charge in [-0.3, -0.25) is 9.69 Å². The number of benzene rings is 3. The Kier molecular flexibility index (Phi) is 4.32. The Labute approximate surface area is 193 Å². The second-order valence-corrected chi connectivity index (χ2v) is 8.42. The first-order chi connectivity index (χ1) is 16.5. The van der Waals surface area contributed by atoms with Crippen molar-refractivity contribution in [3.8, 4) is 0 Å². The summed E-state index contributed by atoms with van der Waals surface area (Å²) in [6.07, 6.45) is 0.285. The van der Waals surface area contributed by atoms with E-state index in [0.717, 1.165) is 27.1 Å². The SMILES string of the molecule is O=C(O)c1ccccc1N1C(=O)[C@@H]2Cc3c([nH]c4ccccc34)[C@H](c3ccc(F)cc3)N2C1=O. The quantitative estimate of drug-likeness (QED) is 0.445. The second kappa shape index (κ2) is 7.28. The molecule has 3 heterocycles. The third kappa shape index (κ3) is 2.78. The highest BCUT2D eigenvalue weighted by atomic mass is 19.1. The van der Waals surface area contributed by atoms with Crippen LogP contribution in [0.3, 0.4) is 0 Å². The van der Waals surface area contributed by atoms with E-state index in [2.05, 4.69) is 4.98 Å². The maximum Gasteiger partial charge on any atom is 0.337 e. The maximum atomic E-state index is 13.8. The predicted molar refractivity (Wildman–Crippen MR) is 122 cm³/mol.